The number of urea groups is 1. The highest BCUT2D eigenvalue weighted by atomic mass is 16.2. The Hall–Kier alpha value is -1.14. The molecule has 0 bridgehead atoms. The summed E-state index contributed by atoms with van der Waals surface area (Å²) in [5.41, 5.74) is 10.9. The lowest BCUT2D eigenvalue weighted by molar-refractivity contribution is -0.128. The molecule has 2 fully saturated rings. The lowest BCUT2D eigenvalue weighted by atomic mass is 9.97. The number of hydrogen-bond donors (Lipinski definition) is 2. The third-order valence-electron chi connectivity index (χ3n) is 3.77. The van der Waals surface area contributed by atoms with Crippen molar-refractivity contribution in [1.82, 2.24) is 9.80 Å². The molecule has 6 heteroatoms. The zero-order valence-corrected chi connectivity index (χ0v) is 12.0. The van der Waals surface area contributed by atoms with Crippen LogP contribution in [0, 0.1) is 0 Å². The van der Waals surface area contributed by atoms with Crippen LogP contribution in [0.5, 0.6) is 0 Å². The van der Waals surface area contributed by atoms with Gasteiger partial charge in [0.2, 0.25) is 0 Å². The lowest BCUT2D eigenvalue weighted by Gasteiger charge is -2.15. The van der Waals surface area contributed by atoms with Gasteiger partial charge in [-0.3, -0.25) is 4.79 Å². The Bertz CT molecular complexity index is 316. The molecule has 1 aliphatic carbocycles. The molecule has 110 valence electrons. The van der Waals surface area contributed by atoms with Crippen molar-refractivity contribution in [3.05, 3.63) is 0 Å². The van der Waals surface area contributed by atoms with Gasteiger partial charge in [-0.15, -0.1) is 0 Å². The highest BCUT2D eigenvalue weighted by Crippen LogP contribution is 2.16. The van der Waals surface area contributed by atoms with Crippen LogP contribution in [0.1, 0.15) is 45.4 Å². The van der Waals surface area contributed by atoms with Crippen molar-refractivity contribution in [3.8, 4) is 0 Å². The molecule has 6 nitrogen and oxygen atoms in total. The molecule has 1 saturated heterocycles. The van der Waals surface area contributed by atoms with Gasteiger partial charge in [0, 0.05) is 13.1 Å². The predicted molar refractivity (Wildman–Crippen MR) is 74.2 cm³/mol. The molecule has 1 aliphatic heterocycles. The molecule has 4 N–H and O–H groups in total. The Morgan fingerprint density at radius 1 is 1.21 bits per heavy atom. The lowest BCUT2D eigenvalue weighted by Crippen LogP contribution is -2.36. The summed E-state index contributed by atoms with van der Waals surface area (Å²) in [6, 6.07) is -0.0795. The number of nitrogens with zero attached hydrogens (tertiary/aromatic N) is 2. The number of carbonyl (C=O) groups excluding carboxylic acids is 2. The van der Waals surface area contributed by atoms with Crippen LogP contribution in [-0.4, -0.2) is 47.5 Å². The van der Waals surface area contributed by atoms with Crippen LogP contribution in [0.2, 0.25) is 0 Å². The average molecular weight is 270 g/mol. The molecule has 0 aromatic rings. The van der Waals surface area contributed by atoms with E-state index in [0.717, 1.165) is 4.90 Å². The first-order valence-corrected chi connectivity index (χ1v) is 7.06. The summed E-state index contributed by atoms with van der Waals surface area (Å²) in [5, 5.41) is 0. The van der Waals surface area contributed by atoms with E-state index in [-0.39, 0.29) is 24.6 Å². The van der Waals surface area contributed by atoms with Gasteiger partial charge in [0.1, 0.15) is 6.04 Å². The summed E-state index contributed by atoms with van der Waals surface area (Å²) >= 11 is 0. The second kappa shape index (κ2) is 7.45. The second-order valence-corrected chi connectivity index (χ2v) is 5.16. The van der Waals surface area contributed by atoms with Gasteiger partial charge in [-0.1, -0.05) is 26.2 Å². The average Bonchev–Trinajstić information content (AvgIpc) is 2.61. The Kier molecular flexibility index (Phi) is 6.24. The van der Waals surface area contributed by atoms with Crippen LogP contribution in [0.3, 0.4) is 0 Å². The highest BCUT2D eigenvalue weighted by molar-refractivity contribution is 6.03. The van der Waals surface area contributed by atoms with Crippen molar-refractivity contribution >= 4 is 11.9 Å². The Morgan fingerprint density at radius 2 is 1.79 bits per heavy atom. The minimum Gasteiger partial charge on any atom is -0.328 e. The monoisotopic (exact) mass is 270 g/mol. The molecule has 2 rings (SSSR count). The van der Waals surface area contributed by atoms with Gasteiger partial charge in [0.15, 0.2) is 0 Å². The van der Waals surface area contributed by atoms with Crippen LogP contribution in [0.15, 0.2) is 0 Å². The third kappa shape index (κ3) is 3.91. The number of hydrogen-bond acceptors (Lipinski definition) is 4. The molecule has 1 unspecified atom stereocenters. The molecular formula is C13H26N4O2. The van der Waals surface area contributed by atoms with Crippen molar-refractivity contribution in [2.45, 2.75) is 57.5 Å². The summed E-state index contributed by atoms with van der Waals surface area (Å²) in [6.07, 6.45) is 7.30. The number of likely N-dealkylation sites (N-methyl/N-ethyl adjacent to an activating group) is 1. The van der Waals surface area contributed by atoms with E-state index in [1.165, 1.54) is 37.0 Å². The van der Waals surface area contributed by atoms with Crippen molar-refractivity contribution in [3.63, 3.8) is 0 Å². The Labute approximate surface area is 115 Å². The first kappa shape index (κ1) is 15.9. The topological polar surface area (TPSA) is 92.7 Å². The fourth-order valence-corrected chi connectivity index (χ4v) is 2.51. The van der Waals surface area contributed by atoms with Crippen LogP contribution in [0.4, 0.5) is 4.79 Å². The van der Waals surface area contributed by atoms with E-state index in [0.29, 0.717) is 12.5 Å². The molecule has 3 amide bonds. The van der Waals surface area contributed by atoms with E-state index in [9.17, 15) is 9.59 Å². The summed E-state index contributed by atoms with van der Waals surface area (Å²) < 4.78 is 0. The van der Waals surface area contributed by atoms with Gasteiger partial charge in [0.25, 0.3) is 5.91 Å². The molecule has 1 heterocycles. The van der Waals surface area contributed by atoms with E-state index in [2.05, 4.69) is 0 Å². The Morgan fingerprint density at radius 3 is 2.05 bits per heavy atom. The fraction of sp³-hybridized carbons (Fsp3) is 0.846. The van der Waals surface area contributed by atoms with Crippen LogP contribution >= 0.6 is 0 Å². The van der Waals surface area contributed by atoms with E-state index < -0.39 is 0 Å². The summed E-state index contributed by atoms with van der Waals surface area (Å²) in [4.78, 5) is 25.1. The zero-order chi connectivity index (χ0) is 14.4. The maximum Gasteiger partial charge on any atom is 0.328 e. The van der Waals surface area contributed by atoms with E-state index in [1.807, 2.05) is 6.92 Å². The molecule has 1 atom stereocenters. The first-order valence-electron chi connectivity index (χ1n) is 7.06. The Balaban J connectivity index is 0.000000218. The molecule has 1 saturated carbocycles. The van der Waals surface area contributed by atoms with Crippen molar-refractivity contribution < 1.29 is 9.59 Å². The zero-order valence-electron chi connectivity index (χ0n) is 12.0. The largest absolute Gasteiger partial charge is 0.328 e. The van der Waals surface area contributed by atoms with Gasteiger partial charge >= 0.3 is 6.03 Å². The van der Waals surface area contributed by atoms with Gasteiger partial charge < -0.3 is 16.4 Å². The molecular weight excluding hydrogens is 244 g/mol. The molecule has 0 aromatic heterocycles. The molecule has 19 heavy (non-hydrogen) atoms. The second-order valence-electron chi connectivity index (χ2n) is 5.16. The maximum absolute atomic E-state index is 11.4. The van der Waals surface area contributed by atoms with Crippen LogP contribution < -0.4 is 11.5 Å². The molecule has 0 spiro atoms. The number of nitrogens with two attached hydrogens (primary N) is 2. The van der Waals surface area contributed by atoms with Crippen molar-refractivity contribution in [1.29, 1.82) is 0 Å². The van der Waals surface area contributed by atoms with Crippen molar-refractivity contribution in [2.75, 3.05) is 13.7 Å². The number of carbonyl (C=O) groups is 2. The standard InChI is InChI=1S/C7H13N3O2.C6H13N/c1-3-5-6(11)10(4-8)7(12)9(5)2;7-6-4-2-1-3-5-6/h5H,3-4,8H2,1-2H3;6H,1-5,7H2. The maximum atomic E-state index is 11.4. The van der Waals surface area contributed by atoms with Gasteiger partial charge in [-0.25, -0.2) is 9.69 Å². The molecule has 0 aromatic carbocycles. The number of amides is 3. The highest BCUT2D eigenvalue weighted by Gasteiger charge is 2.40. The third-order valence-corrected chi connectivity index (χ3v) is 3.77. The van der Waals surface area contributed by atoms with Crippen molar-refractivity contribution in [2.24, 2.45) is 11.5 Å². The predicted octanol–water partition coefficient (Wildman–Crippen LogP) is 0.853. The molecule has 0 radical (unpaired) electrons. The summed E-state index contributed by atoms with van der Waals surface area (Å²) in [5.74, 6) is -0.187. The summed E-state index contributed by atoms with van der Waals surface area (Å²) in [6.45, 7) is 1.84. The summed E-state index contributed by atoms with van der Waals surface area (Å²) in [7, 11) is 1.62. The van der Waals surface area contributed by atoms with E-state index >= 15 is 0 Å². The fourth-order valence-electron chi connectivity index (χ4n) is 2.51. The van der Waals surface area contributed by atoms with E-state index in [4.69, 9.17) is 11.5 Å². The van der Waals surface area contributed by atoms with E-state index in [1.54, 1.807) is 7.05 Å². The first-order chi connectivity index (χ1) is 9.02. The number of rotatable bonds is 2. The van der Waals surface area contributed by atoms with Gasteiger partial charge in [-0.2, -0.15) is 0 Å². The quantitative estimate of drug-likeness (QED) is 0.728. The molecule has 2 aliphatic rings. The SMILES string of the molecule is CCC1C(=O)N(CN)C(=O)N1C.NC1CCCCC1. The van der Waals surface area contributed by atoms with Gasteiger partial charge in [0.05, 0.1) is 6.67 Å². The van der Waals surface area contributed by atoms with Crippen LogP contribution in [-0.2, 0) is 4.79 Å². The minimum atomic E-state index is -0.318. The minimum absolute atomic E-state index is 0.0293. The van der Waals surface area contributed by atoms with Gasteiger partial charge in [-0.05, 0) is 19.3 Å². The number of imide groups is 1. The van der Waals surface area contributed by atoms with Crippen LogP contribution in [0.25, 0.3) is 0 Å². The smallest absolute Gasteiger partial charge is 0.328 e. The normalized spacial score (nSPS) is 24.5.